The summed E-state index contributed by atoms with van der Waals surface area (Å²) >= 11 is 14.0. The molecule has 0 aromatic heterocycles. The molecule has 0 heterocycles. The number of halogens is 6. The first-order valence-electron chi connectivity index (χ1n) is 5.13. The van der Waals surface area contributed by atoms with Gasteiger partial charge in [0, 0.05) is 21.3 Å². The van der Waals surface area contributed by atoms with Gasteiger partial charge in [-0.15, -0.1) is 11.6 Å². The summed E-state index contributed by atoms with van der Waals surface area (Å²) in [6, 6.07) is 6.04. The fraction of sp³-hybridized carbons (Fsp3) is 0.0769. The van der Waals surface area contributed by atoms with E-state index in [1.807, 2.05) is 22.6 Å². The van der Waals surface area contributed by atoms with Gasteiger partial charge in [-0.25, -0.2) is 13.2 Å². The van der Waals surface area contributed by atoms with Crippen LogP contribution in [0.3, 0.4) is 0 Å². The molecule has 0 fully saturated rings. The molecule has 6 heteroatoms. The maximum absolute atomic E-state index is 13.6. The Morgan fingerprint density at radius 3 is 2.11 bits per heavy atom. The van der Waals surface area contributed by atoms with Crippen LogP contribution in [0.15, 0.2) is 30.3 Å². The van der Waals surface area contributed by atoms with Crippen molar-refractivity contribution < 1.29 is 13.2 Å². The molecule has 0 nitrogen and oxygen atoms in total. The summed E-state index contributed by atoms with van der Waals surface area (Å²) in [5, 5.41) is -0.637. The summed E-state index contributed by atoms with van der Waals surface area (Å²) in [5.74, 6) is -3.03. The van der Waals surface area contributed by atoms with E-state index < -0.39 is 22.8 Å². The minimum atomic E-state index is -1.07. The van der Waals surface area contributed by atoms with Crippen LogP contribution in [0.2, 0.25) is 5.02 Å². The maximum Gasteiger partial charge on any atom is 0.134 e. The van der Waals surface area contributed by atoms with Crippen LogP contribution in [0.25, 0.3) is 0 Å². The quantitative estimate of drug-likeness (QED) is 0.435. The molecule has 1 unspecified atom stereocenters. The van der Waals surface area contributed by atoms with Crippen molar-refractivity contribution in [2.45, 2.75) is 5.38 Å². The Morgan fingerprint density at radius 2 is 1.58 bits per heavy atom. The van der Waals surface area contributed by atoms with Crippen LogP contribution in [0, 0.1) is 21.0 Å². The number of hydrogen-bond donors (Lipinski definition) is 0. The highest BCUT2D eigenvalue weighted by atomic mass is 127. The van der Waals surface area contributed by atoms with Gasteiger partial charge < -0.3 is 0 Å². The zero-order chi connectivity index (χ0) is 14.2. The summed E-state index contributed by atoms with van der Waals surface area (Å²) in [7, 11) is 0. The highest BCUT2D eigenvalue weighted by molar-refractivity contribution is 14.1. The average molecular weight is 417 g/mol. The van der Waals surface area contributed by atoms with Gasteiger partial charge in [0.2, 0.25) is 0 Å². The molecule has 0 aliphatic carbocycles. The fourth-order valence-corrected chi connectivity index (χ4v) is 2.50. The molecule has 0 spiro atoms. The van der Waals surface area contributed by atoms with E-state index in [2.05, 4.69) is 0 Å². The highest BCUT2D eigenvalue weighted by Crippen LogP contribution is 2.35. The van der Waals surface area contributed by atoms with Crippen molar-refractivity contribution in [2.75, 3.05) is 0 Å². The van der Waals surface area contributed by atoms with Gasteiger partial charge in [0.15, 0.2) is 0 Å². The molecular weight excluding hydrogens is 411 g/mol. The molecule has 2 rings (SSSR count). The summed E-state index contributed by atoms with van der Waals surface area (Å²) < 4.78 is 40.9. The lowest BCUT2D eigenvalue weighted by Gasteiger charge is -2.13. The van der Waals surface area contributed by atoms with E-state index in [1.54, 1.807) is 12.1 Å². The first-order chi connectivity index (χ1) is 8.90. The molecule has 19 heavy (non-hydrogen) atoms. The first kappa shape index (κ1) is 14.9. The molecule has 2 aromatic rings. The Bertz CT molecular complexity index is 608. The van der Waals surface area contributed by atoms with Crippen LogP contribution < -0.4 is 0 Å². The van der Waals surface area contributed by atoms with Gasteiger partial charge >= 0.3 is 0 Å². The summed E-state index contributed by atoms with van der Waals surface area (Å²) in [6.07, 6.45) is 0. The van der Waals surface area contributed by atoms with Crippen molar-refractivity contribution in [3.63, 3.8) is 0 Å². The van der Waals surface area contributed by atoms with Crippen LogP contribution in [-0.2, 0) is 0 Å². The topological polar surface area (TPSA) is 0 Å². The van der Waals surface area contributed by atoms with Gasteiger partial charge in [0.05, 0.1) is 10.4 Å². The predicted molar refractivity (Wildman–Crippen MR) is 78.2 cm³/mol. The number of benzene rings is 2. The molecule has 0 aliphatic heterocycles. The van der Waals surface area contributed by atoms with Crippen molar-refractivity contribution >= 4 is 45.8 Å². The Labute approximate surface area is 131 Å². The molecule has 0 bridgehead atoms. The molecule has 0 saturated carbocycles. The van der Waals surface area contributed by atoms with Gasteiger partial charge in [0.25, 0.3) is 0 Å². The van der Waals surface area contributed by atoms with E-state index in [-0.39, 0.29) is 5.56 Å². The second kappa shape index (κ2) is 5.89. The minimum absolute atomic E-state index is 0.389. The van der Waals surface area contributed by atoms with Gasteiger partial charge in [-0.1, -0.05) is 17.7 Å². The van der Waals surface area contributed by atoms with Gasteiger partial charge in [-0.3, -0.25) is 0 Å². The van der Waals surface area contributed by atoms with E-state index in [0.717, 1.165) is 3.57 Å². The molecule has 0 aliphatic rings. The Balaban J connectivity index is 2.49. The molecule has 0 amide bonds. The van der Waals surface area contributed by atoms with Crippen molar-refractivity contribution in [3.8, 4) is 0 Å². The van der Waals surface area contributed by atoms with Gasteiger partial charge in [0.1, 0.15) is 17.5 Å². The molecule has 0 saturated heterocycles. The third-order valence-electron chi connectivity index (χ3n) is 2.53. The van der Waals surface area contributed by atoms with E-state index in [9.17, 15) is 13.2 Å². The Hall–Kier alpha value is -0.460. The van der Waals surface area contributed by atoms with Crippen molar-refractivity contribution in [2.24, 2.45) is 0 Å². The zero-order valence-electron chi connectivity index (χ0n) is 9.23. The summed E-state index contributed by atoms with van der Waals surface area (Å²) in [6.45, 7) is 0. The fourth-order valence-electron chi connectivity index (χ4n) is 1.63. The van der Waals surface area contributed by atoms with Crippen LogP contribution in [-0.4, -0.2) is 0 Å². The number of rotatable bonds is 2. The van der Waals surface area contributed by atoms with Gasteiger partial charge in [-0.2, -0.15) is 0 Å². The SMILES string of the molecule is Fc1cc(F)c(C(Cl)c2ccc(I)c(Cl)c2)c(F)c1. The van der Waals surface area contributed by atoms with Crippen LogP contribution in [0.1, 0.15) is 16.5 Å². The smallest absolute Gasteiger partial charge is 0.134 e. The van der Waals surface area contributed by atoms with Crippen molar-refractivity contribution in [1.82, 2.24) is 0 Å². The second-order valence-electron chi connectivity index (χ2n) is 3.82. The van der Waals surface area contributed by atoms with Crippen molar-refractivity contribution in [1.29, 1.82) is 0 Å². The molecule has 1 atom stereocenters. The molecule has 100 valence electrons. The van der Waals surface area contributed by atoms with E-state index in [0.29, 0.717) is 22.7 Å². The predicted octanol–water partition coefficient (Wildman–Crippen LogP) is 5.69. The van der Waals surface area contributed by atoms with Gasteiger partial charge in [-0.05, 0) is 40.3 Å². The standard InChI is InChI=1S/C13H6Cl2F3I/c14-8-3-6(1-2-11(8)19)13(15)12-9(17)4-7(16)5-10(12)18/h1-5,13H. The Morgan fingerprint density at radius 1 is 1.00 bits per heavy atom. The number of alkyl halides is 1. The summed E-state index contributed by atoms with van der Waals surface area (Å²) in [5.41, 5.74) is 0.0526. The normalized spacial score (nSPS) is 12.5. The lowest BCUT2D eigenvalue weighted by Crippen LogP contribution is -2.02. The summed E-state index contributed by atoms with van der Waals surface area (Å²) in [4.78, 5) is 0. The Kier molecular flexibility index (Phi) is 4.63. The first-order valence-corrected chi connectivity index (χ1v) is 7.03. The lowest BCUT2D eigenvalue weighted by molar-refractivity contribution is 0.526. The third kappa shape index (κ3) is 3.17. The second-order valence-corrected chi connectivity index (χ2v) is 5.83. The molecule has 0 radical (unpaired) electrons. The van der Waals surface area contributed by atoms with Crippen LogP contribution >= 0.6 is 45.8 Å². The average Bonchev–Trinajstić information content (AvgIpc) is 2.31. The number of hydrogen-bond acceptors (Lipinski definition) is 0. The largest absolute Gasteiger partial charge is 0.207 e. The molecule has 0 N–H and O–H groups in total. The van der Waals surface area contributed by atoms with E-state index in [4.69, 9.17) is 23.2 Å². The van der Waals surface area contributed by atoms with E-state index >= 15 is 0 Å². The van der Waals surface area contributed by atoms with Crippen LogP contribution in [0.4, 0.5) is 13.2 Å². The van der Waals surface area contributed by atoms with E-state index in [1.165, 1.54) is 6.07 Å². The molecule has 2 aromatic carbocycles. The zero-order valence-corrected chi connectivity index (χ0v) is 12.9. The third-order valence-corrected chi connectivity index (χ3v) is 4.58. The van der Waals surface area contributed by atoms with Crippen LogP contribution in [0.5, 0.6) is 0 Å². The van der Waals surface area contributed by atoms with Crippen molar-refractivity contribution in [3.05, 3.63) is 67.5 Å². The lowest BCUT2D eigenvalue weighted by atomic mass is 10.0. The maximum atomic E-state index is 13.6. The molecular formula is C13H6Cl2F3I. The monoisotopic (exact) mass is 416 g/mol. The minimum Gasteiger partial charge on any atom is -0.207 e. The highest BCUT2D eigenvalue weighted by Gasteiger charge is 2.21.